The second-order valence-corrected chi connectivity index (χ2v) is 9.15. The molecule has 3 rings (SSSR count). The molecule has 1 aromatic rings. The Morgan fingerprint density at radius 2 is 2.17 bits per heavy atom. The molecular weight excluding hydrogens is 326 g/mol. The van der Waals surface area contributed by atoms with Crippen LogP contribution in [0.2, 0.25) is 0 Å². The molecule has 2 aliphatic rings. The Balaban J connectivity index is 1.76. The predicted octanol–water partition coefficient (Wildman–Crippen LogP) is 2.87. The van der Waals surface area contributed by atoms with Crippen molar-refractivity contribution in [2.45, 2.75) is 52.0 Å². The minimum Gasteiger partial charge on any atom is -0.479 e. The predicted molar refractivity (Wildman–Crippen MR) is 92.6 cm³/mol. The summed E-state index contributed by atoms with van der Waals surface area (Å²) in [5.74, 6) is -0.707. The molecule has 2 N–H and O–H groups in total. The highest BCUT2D eigenvalue weighted by Gasteiger charge is 2.44. The minimum atomic E-state index is -1.28. The first kappa shape index (κ1) is 17.4. The third-order valence-corrected chi connectivity index (χ3v) is 6.55. The van der Waals surface area contributed by atoms with Crippen molar-refractivity contribution in [2.24, 2.45) is 11.3 Å². The van der Waals surface area contributed by atoms with Crippen LogP contribution in [0.25, 0.3) is 0 Å². The van der Waals surface area contributed by atoms with Gasteiger partial charge in [-0.05, 0) is 42.2 Å². The van der Waals surface area contributed by atoms with Gasteiger partial charge in [-0.25, -0.2) is 4.79 Å². The summed E-state index contributed by atoms with van der Waals surface area (Å²) in [5.41, 5.74) is 0.231. The molecule has 1 aliphatic carbocycles. The molecule has 2 unspecified atom stereocenters. The van der Waals surface area contributed by atoms with E-state index in [2.05, 4.69) is 26.1 Å². The van der Waals surface area contributed by atoms with Crippen LogP contribution >= 0.6 is 11.3 Å². The van der Waals surface area contributed by atoms with Gasteiger partial charge in [0.1, 0.15) is 0 Å². The van der Waals surface area contributed by atoms with Gasteiger partial charge in [-0.2, -0.15) is 0 Å². The Hall–Kier alpha value is -1.40. The van der Waals surface area contributed by atoms with Crippen LogP contribution in [0.5, 0.6) is 0 Å². The van der Waals surface area contributed by atoms with Gasteiger partial charge < -0.3 is 15.2 Å². The number of aliphatic carboxylic acids is 1. The SMILES string of the molecule is CC(C)(C)C1CCc2sc(C(=O)NC3(C(=O)O)CCOC3)cc2C1. The van der Waals surface area contributed by atoms with Gasteiger partial charge in [0.15, 0.2) is 5.54 Å². The summed E-state index contributed by atoms with van der Waals surface area (Å²) in [7, 11) is 0. The second kappa shape index (κ2) is 6.15. The number of hydrogen-bond donors (Lipinski definition) is 2. The fraction of sp³-hybridized carbons (Fsp3) is 0.667. The van der Waals surface area contributed by atoms with Gasteiger partial charge >= 0.3 is 5.97 Å². The lowest BCUT2D eigenvalue weighted by Crippen LogP contribution is -2.55. The van der Waals surface area contributed by atoms with E-state index in [0.717, 1.165) is 19.3 Å². The first-order valence-corrected chi connectivity index (χ1v) is 9.28. The maximum atomic E-state index is 12.6. The van der Waals surface area contributed by atoms with E-state index in [0.29, 0.717) is 23.8 Å². The van der Waals surface area contributed by atoms with E-state index in [1.54, 1.807) is 0 Å². The summed E-state index contributed by atoms with van der Waals surface area (Å²) in [6.45, 7) is 7.18. The van der Waals surface area contributed by atoms with Gasteiger partial charge in [-0.15, -0.1) is 11.3 Å². The van der Waals surface area contributed by atoms with Crippen LogP contribution in [-0.2, 0) is 22.4 Å². The molecule has 1 fully saturated rings. The van der Waals surface area contributed by atoms with Crippen molar-refractivity contribution in [3.05, 3.63) is 21.4 Å². The number of rotatable bonds is 3. The molecule has 132 valence electrons. The molecule has 2 atom stereocenters. The highest BCUT2D eigenvalue weighted by Crippen LogP contribution is 2.40. The van der Waals surface area contributed by atoms with E-state index in [4.69, 9.17) is 4.74 Å². The third-order valence-electron chi connectivity index (χ3n) is 5.32. The molecule has 1 saturated heterocycles. The van der Waals surface area contributed by atoms with Crippen molar-refractivity contribution in [3.63, 3.8) is 0 Å². The average Bonchev–Trinajstić information content (AvgIpc) is 3.12. The number of nitrogens with one attached hydrogen (secondary N) is 1. The number of fused-ring (bicyclic) bond motifs is 1. The molecule has 0 aromatic carbocycles. The zero-order chi connectivity index (χ0) is 17.5. The van der Waals surface area contributed by atoms with Crippen LogP contribution in [0.3, 0.4) is 0 Å². The molecule has 1 amide bonds. The van der Waals surface area contributed by atoms with Crippen molar-refractivity contribution in [2.75, 3.05) is 13.2 Å². The number of carboxylic acid groups (broad SMARTS) is 1. The lowest BCUT2D eigenvalue weighted by molar-refractivity contribution is -0.144. The number of carbonyl (C=O) groups is 2. The van der Waals surface area contributed by atoms with E-state index in [9.17, 15) is 14.7 Å². The van der Waals surface area contributed by atoms with Crippen molar-refractivity contribution >= 4 is 23.2 Å². The van der Waals surface area contributed by atoms with E-state index >= 15 is 0 Å². The Bertz CT molecular complexity index is 652. The largest absolute Gasteiger partial charge is 0.479 e. The van der Waals surface area contributed by atoms with Crippen molar-refractivity contribution in [3.8, 4) is 0 Å². The topological polar surface area (TPSA) is 75.6 Å². The summed E-state index contributed by atoms with van der Waals surface area (Å²) >= 11 is 1.50. The molecule has 6 heteroatoms. The van der Waals surface area contributed by atoms with Crippen molar-refractivity contribution < 1.29 is 19.4 Å². The van der Waals surface area contributed by atoms with Crippen LogP contribution in [0.1, 0.15) is 53.7 Å². The van der Waals surface area contributed by atoms with Gasteiger partial charge in [0.25, 0.3) is 5.91 Å². The molecule has 0 radical (unpaired) electrons. The number of amides is 1. The highest BCUT2D eigenvalue weighted by atomic mass is 32.1. The van der Waals surface area contributed by atoms with Gasteiger partial charge in [-0.1, -0.05) is 20.8 Å². The van der Waals surface area contributed by atoms with Crippen LogP contribution < -0.4 is 5.32 Å². The zero-order valence-electron chi connectivity index (χ0n) is 14.5. The fourth-order valence-electron chi connectivity index (χ4n) is 3.54. The summed E-state index contributed by atoms with van der Waals surface area (Å²) in [6, 6.07) is 1.96. The Labute approximate surface area is 146 Å². The molecule has 1 aliphatic heterocycles. The quantitative estimate of drug-likeness (QED) is 0.878. The van der Waals surface area contributed by atoms with Gasteiger partial charge in [0.2, 0.25) is 0 Å². The van der Waals surface area contributed by atoms with E-state index in [1.807, 2.05) is 6.07 Å². The normalized spacial score (nSPS) is 26.9. The number of carboxylic acids is 1. The monoisotopic (exact) mass is 351 g/mol. The van der Waals surface area contributed by atoms with E-state index < -0.39 is 11.5 Å². The molecule has 0 saturated carbocycles. The van der Waals surface area contributed by atoms with Crippen molar-refractivity contribution in [1.29, 1.82) is 0 Å². The van der Waals surface area contributed by atoms with Gasteiger partial charge in [-0.3, -0.25) is 4.79 Å². The number of hydrogen-bond acceptors (Lipinski definition) is 4. The lowest BCUT2D eigenvalue weighted by Gasteiger charge is -2.33. The fourth-order valence-corrected chi connectivity index (χ4v) is 4.64. The molecule has 0 spiro atoms. The average molecular weight is 351 g/mol. The number of ether oxygens (including phenoxy) is 1. The number of carbonyl (C=O) groups excluding carboxylic acids is 1. The molecular formula is C18H25NO4S. The number of aryl methyl sites for hydroxylation is 1. The van der Waals surface area contributed by atoms with E-state index in [1.165, 1.54) is 21.8 Å². The smallest absolute Gasteiger partial charge is 0.331 e. The maximum Gasteiger partial charge on any atom is 0.331 e. The van der Waals surface area contributed by atoms with E-state index in [-0.39, 0.29) is 17.9 Å². The van der Waals surface area contributed by atoms with Crippen LogP contribution in [0.15, 0.2) is 6.07 Å². The number of thiophene rings is 1. The third kappa shape index (κ3) is 3.22. The first-order chi connectivity index (χ1) is 11.2. The molecule has 0 bridgehead atoms. The van der Waals surface area contributed by atoms with Gasteiger partial charge in [0.05, 0.1) is 11.5 Å². The molecule has 2 heterocycles. The first-order valence-electron chi connectivity index (χ1n) is 8.46. The lowest BCUT2D eigenvalue weighted by atomic mass is 9.72. The molecule has 24 heavy (non-hydrogen) atoms. The molecule has 1 aromatic heterocycles. The highest BCUT2D eigenvalue weighted by molar-refractivity contribution is 7.14. The Morgan fingerprint density at radius 1 is 1.42 bits per heavy atom. The summed E-state index contributed by atoms with van der Waals surface area (Å²) < 4.78 is 5.20. The summed E-state index contributed by atoms with van der Waals surface area (Å²) in [5, 5.41) is 12.2. The zero-order valence-corrected chi connectivity index (χ0v) is 15.3. The summed E-state index contributed by atoms with van der Waals surface area (Å²) in [4.78, 5) is 26.0. The van der Waals surface area contributed by atoms with Crippen LogP contribution in [-0.4, -0.2) is 35.7 Å². The van der Waals surface area contributed by atoms with Gasteiger partial charge in [0, 0.05) is 17.9 Å². The standard InChI is InChI=1S/C18H25NO4S/c1-17(2,3)12-4-5-13-11(8-12)9-14(24-13)15(20)19-18(16(21)22)6-7-23-10-18/h9,12H,4-8,10H2,1-3H3,(H,19,20)(H,21,22). The van der Waals surface area contributed by atoms with Crippen LogP contribution in [0.4, 0.5) is 0 Å². The summed E-state index contributed by atoms with van der Waals surface area (Å²) in [6.07, 6.45) is 3.45. The Morgan fingerprint density at radius 3 is 2.75 bits per heavy atom. The van der Waals surface area contributed by atoms with Crippen LogP contribution in [0, 0.1) is 11.3 Å². The second-order valence-electron chi connectivity index (χ2n) is 8.01. The maximum absolute atomic E-state index is 12.6. The van der Waals surface area contributed by atoms with Crippen molar-refractivity contribution in [1.82, 2.24) is 5.32 Å². The Kier molecular flexibility index (Phi) is 4.47. The molecule has 5 nitrogen and oxygen atoms in total. The minimum absolute atomic E-state index is 0.0330.